The van der Waals surface area contributed by atoms with Crippen molar-refractivity contribution < 1.29 is 9.53 Å². The van der Waals surface area contributed by atoms with Crippen LogP contribution in [0.5, 0.6) is 5.75 Å². The number of nitrogens with zero attached hydrogens (tertiary/aromatic N) is 2. The molecule has 1 aromatic carbocycles. The number of pyridine rings is 1. The summed E-state index contributed by atoms with van der Waals surface area (Å²) in [6.45, 7) is 0. The van der Waals surface area contributed by atoms with Crippen molar-refractivity contribution in [2.75, 3.05) is 12.4 Å². The zero-order valence-corrected chi connectivity index (χ0v) is 12.8. The maximum atomic E-state index is 12.3. The molecule has 6 heteroatoms. The second-order valence-corrected chi connectivity index (χ2v) is 5.31. The molecule has 1 amide bonds. The molecular weight excluding hydrogens is 334 g/mol. The zero-order chi connectivity index (χ0) is 14.8. The summed E-state index contributed by atoms with van der Waals surface area (Å²) in [5, 5.41) is 2.80. The van der Waals surface area contributed by atoms with E-state index in [1.807, 2.05) is 30.5 Å². The number of hydrogen-bond donors (Lipinski definition) is 1. The molecular formula is C15H12BrN3O2. The summed E-state index contributed by atoms with van der Waals surface area (Å²) >= 11 is 3.39. The van der Waals surface area contributed by atoms with E-state index >= 15 is 0 Å². The minimum atomic E-state index is -0.278. The molecule has 106 valence electrons. The number of carbonyl (C=O) groups excluding carboxylic acids is 1. The second-order valence-electron chi connectivity index (χ2n) is 4.39. The van der Waals surface area contributed by atoms with Crippen molar-refractivity contribution in [1.29, 1.82) is 0 Å². The van der Waals surface area contributed by atoms with Crippen molar-refractivity contribution in [2.24, 2.45) is 0 Å². The number of methoxy groups -OCH3 is 1. The summed E-state index contributed by atoms with van der Waals surface area (Å²) < 4.78 is 7.92. The lowest BCUT2D eigenvalue weighted by Crippen LogP contribution is -2.12. The first-order valence-corrected chi connectivity index (χ1v) is 7.05. The van der Waals surface area contributed by atoms with Gasteiger partial charge in [0.2, 0.25) is 0 Å². The lowest BCUT2D eigenvalue weighted by molar-refractivity contribution is 0.102. The van der Waals surface area contributed by atoms with Gasteiger partial charge in [0, 0.05) is 16.9 Å². The molecule has 2 heterocycles. The molecule has 0 spiro atoms. The minimum absolute atomic E-state index is 0.278. The number of ether oxygens (including phenoxy) is 1. The SMILES string of the molecule is COc1ccccc1NC(=O)c1cn2cc(Br)ccc2n1. The molecule has 0 saturated carbocycles. The van der Waals surface area contributed by atoms with Gasteiger partial charge < -0.3 is 14.5 Å². The lowest BCUT2D eigenvalue weighted by atomic mass is 10.3. The van der Waals surface area contributed by atoms with Gasteiger partial charge in [-0.15, -0.1) is 0 Å². The number of fused-ring (bicyclic) bond motifs is 1. The Hall–Kier alpha value is -2.34. The minimum Gasteiger partial charge on any atom is -0.495 e. The number of halogens is 1. The fraction of sp³-hybridized carbons (Fsp3) is 0.0667. The standard InChI is InChI=1S/C15H12BrN3O2/c1-21-13-5-3-2-4-11(13)18-15(20)12-9-19-8-10(16)6-7-14(19)17-12/h2-9H,1H3,(H,18,20). The van der Waals surface area contributed by atoms with Crippen LogP contribution in [0.25, 0.3) is 5.65 Å². The highest BCUT2D eigenvalue weighted by Crippen LogP contribution is 2.23. The molecule has 1 N–H and O–H groups in total. The van der Waals surface area contributed by atoms with Crippen LogP contribution in [-0.2, 0) is 0 Å². The molecule has 3 rings (SSSR count). The highest BCUT2D eigenvalue weighted by atomic mass is 79.9. The first-order chi connectivity index (χ1) is 10.2. The molecule has 0 radical (unpaired) electrons. The summed E-state index contributed by atoms with van der Waals surface area (Å²) in [6, 6.07) is 11.0. The van der Waals surface area contributed by atoms with E-state index in [0.29, 0.717) is 22.8 Å². The van der Waals surface area contributed by atoms with Crippen LogP contribution >= 0.6 is 15.9 Å². The van der Waals surface area contributed by atoms with Gasteiger partial charge in [0.05, 0.1) is 12.8 Å². The van der Waals surface area contributed by atoms with Gasteiger partial charge >= 0.3 is 0 Å². The lowest BCUT2D eigenvalue weighted by Gasteiger charge is -2.08. The van der Waals surface area contributed by atoms with Crippen LogP contribution in [0.15, 0.2) is 53.3 Å². The Labute approximate surface area is 129 Å². The Morgan fingerprint density at radius 2 is 2.05 bits per heavy atom. The molecule has 2 aromatic heterocycles. The van der Waals surface area contributed by atoms with Crippen molar-refractivity contribution >= 4 is 33.2 Å². The molecule has 5 nitrogen and oxygen atoms in total. The number of hydrogen-bond acceptors (Lipinski definition) is 3. The highest BCUT2D eigenvalue weighted by molar-refractivity contribution is 9.10. The van der Waals surface area contributed by atoms with Crippen LogP contribution in [-0.4, -0.2) is 22.4 Å². The van der Waals surface area contributed by atoms with Crippen LogP contribution in [0.3, 0.4) is 0 Å². The van der Waals surface area contributed by atoms with Gasteiger partial charge in [-0.25, -0.2) is 4.98 Å². The number of nitrogens with one attached hydrogen (secondary N) is 1. The van der Waals surface area contributed by atoms with Crippen molar-refractivity contribution in [3.63, 3.8) is 0 Å². The molecule has 0 fully saturated rings. The maximum Gasteiger partial charge on any atom is 0.275 e. The molecule has 0 saturated heterocycles. The smallest absolute Gasteiger partial charge is 0.275 e. The third-order valence-corrected chi connectivity index (χ3v) is 3.47. The van der Waals surface area contributed by atoms with Crippen LogP contribution in [0.2, 0.25) is 0 Å². The quantitative estimate of drug-likeness (QED) is 0.791. The molecule has 3 aromatic rings. The number of benzene rings is 1. The number of rotatable bonds is 3. The van der Waals surface area contributed by atoms with E-state index in [0.717, 1.165) is 4.47 Å². The normalized spacial score (nSPS) is 10.6. The van der Waals surface area contributed by atoms with Crippen LogP contribution in [0, 0.1) is 0 Å². The molecule has 0 unspecified atom stereocenters. The van der Waals surface area contributed by atoms with Gasteiger partial charge in [-0.3, -0.25) is 4.79 Å². The van der Waals surface area contributed by atoms with E-state index in [4.69, 9.17) is 4.74 Å². The molecule has 0 aliphatic carbocycles. The van der Waals surface area contributed by atoms with Crippen LogP contribution in [0.4, 0.5) is 5.69 Å². The Balaban J connectivity index is 1.90. The first kappa shape index (κ1) is 13.6. The van der Waals surface area contributed by atoms with Crippen LogP contribution < -0.4 is 10.1 Å². The number of anilines is 1. The predicted octanol–water partition coefficient (Wildman–Crippen LogP) is 3.36. The molecule has 0 bridgehead atoms. The van der Waals surface area contributed by atoms with Gasteiger partial charge in [-0.2, -0.15) is 0 Å². The van der Waals surface area contributed by atoms with E-state index in [9.17, 15) is 4.79 Å². The van der Waals surface area contributed by atoms with E-state index in [-0.39, 0.29) is 5.91 Å². The third kappa shape index (κ3) is 2.75. The Kier molecular flexibility index (Phi) is 3.62. The fourth-order valence-electron chi connectivity index (χ4n) is 2.01. The zero-order valence-electron chi connectivity index (χ0n) is 11.2. The van der Waals surface area contributed by atoms with E-state index < -0.39 is 0 Å². The fourth-order valence-corrected chi connectivity index (χ4v) is 2.36. The van der Waals surface area contributed by atoms with E-state index in [1.165, 1.54) is 0 Å². The summed E-state index contributed by atoms with van der Waals surface area (Å²) in [6.07, 6.45) is 3.53. The van der Waals surface area contributed by atoms with Gasteiger partial charge in [0.1, 0.15) is 17.1 Å². The average molecular weight is 346 g/mol. The number of carbonyl (C=O) groups is 1. The van der Waals surface area contributed by atoms with Gasteiger partial charge in [0.25, 0.3) is 5.91 Å². The largest absolute Gasteiger partial charge is 0.495 e. The first-order valence-electron chi connectivity index (χ1n) is 6.26. The Morgan fingerprint density at radius 1 is 1.24 bits per heavy atom. The molecule has 21 heavy (non-hydrogen) atoms. The maximum absolute atomic E-state index is 12.3. The molecule has 0 aliphatic heterocycles. The van der Waals surface area contributed by atoms with Gasteiger partial charge in [-0.05, 0) is 40.2 Å². The Bertz CT molecular complexity index is 814. The van der Waals surface area contributed by atoms with Crippen molar-refractivity contribution in [2.45, 2.75) is 0 Å². The summed E-state index contributed by atoms with van der Waals surface area (Å²) in [7, 11) is 1.56. The van der Waals surface area contributed by atoms with Crippen LogP contribution in [0.1, 0.15) is 10.5 Å². The van der Waals surface area contributed by atoms with E-state index in [2.05, 4.69) is 26.2 Å². The number of aromatic nitrogens is 2. The number of imidazole rings is 1. The predicted molar refractivity (Wildman–Crippen MR) is 83.8 cm³/mol. The van der Waals surface area contributed by atoms with E-state index in [1.54, 1.807) is 29.8 Å². The van der Waals surface area contributed by atoms with Crippen molar-refractivity contribution in [3.8, 4) is 5.75 Å². The second kappa shape index (κ2) is 5.57. The molecule has 0 atom stereocenters. The average Bonchev–Trinajstić information content (AvgIpc) is 2.91. The number of para-hydroxylation sites is 2. The topological polar surface area (TPSA) is 55.6 Å². The summed E-state index contributed by atoms with van der Waals surface area (Å²) in [4.78, 5) is 16.6. The summed E-state index contributed by atoms with van der Waals surface area (Å²) in [5.41, 5.74) is 1.67. The van der Waals surface area contributed by atoms with Gasteiger partial charge in [0.15, 0.2) is 0 Å². The number of amides is 1. The summed E-state index contributed by atoms with van der Waals surface area (Å²) in [5.74, 6) is 0.330. The monoisotopic (exact) mass is 345 g/mol. The Morgan fingerprint density at radius 3 is 2.86 bits per heavy atom. The third-order valence-electron chi connectivity index (χ3n) is 3.00. The van der Waals surface area contributed by atoms with Gasteiger partial charge in [-0.1, -0.05) is 12.1 Å². The highest BCUT2D eigenvalue weighted by Gasteiger charge is 2.13. The van der Waals surface area contributed by atoms with Crippen molar-refractivity contribution in [1.82, 2.24) is 9.38 Å². The molecule has 0 aliphatic rings. The van der Waals surface area contributed by atoms with Crippen molar-refractivity contribution in [3.05, 3.63) is 59.0 Å².